The van der Waals surface area contributed by atoms with Crippen molar-refractivity contribution < 1.29 is 4.79 Å². The zero-order valence-corrected chi connectivity index (χ0v) is 12.7. The van der Waals surface area contributed by atoms with Gasteiger partial charge in [-0.2, -0.15) is 5.10 Å². The third-order valence-electron chi connectivity index (χ3n) is 4.18. The number of Topliss-reactive ketones (excluding diaryl/α,β-unsaturated/α-hetero) is 1. The van der Waals surface area contributed by atoms with E-state index in [-0.39, 0.29) is 5.78 Å². The second-order valence-electron chi connectivity index (χ2n) is 6.00. The van der Waals surface area contributed by atoms with Gasteiger partial charge in [-0.25, -0.2) is 0 Å². The zero-order chi connectivity index (χ0) is 14.8. The van der Waals surface area contributed by atoms with Crippen molar-refractivity contribution >= 4 is 5.78 Å². The Balaban J connectivity index is 1.72. The molecule has 3 rings (SSSR count). The van der Waals surface area contributed by atoms with Crippen LogP contribution in [0.25, 0.3) is 0 Å². The molecule has 0 saturated heterocycles. The fourth-order valence-corrected chi connectivity index (χ4v) is 3.10. The Labute approximate surface area is 125 Å². The highest BCUT2D eigenvalue weighted by atomic mass is 16.1. The fourth-order valence-electron chi connectivity index (χ4n) is 3.10. The van der Waals surface area contributed by atoms with Crippen LogP contribution in [0.5, 0.6) is 0 Å². The first kappa shape index (κ1) is 14.0. The van der Waals surface area contributed by atoms with E-state index < -0.39 is 0 Å². The molecule has 0 N–H and O–H groups in total. The lowest BCUT2D eigenvalue weighted by molar-refractivity contribution is 0.0986. The Bertz CT molecular complexity index is 654. The average molecular weight is 283 g/mol. The molecule has 4 heteroatoms. The van der Waals surface area contributed by atoms with Gasteiger partial charge >= 0.3 is 0 Å². The number of carbonyl (C=O) groups excluding carboxylic acids is 1. The SMILES string of the molecule is Cc1cnc(C(=O)Cc2ccn(C3CCCC3)n2)c(C)c1. The van der Waals surface area contributed by atoms with Gasteiger partial charge in [-0.1, -0.05) is 18.9 Å². The van der Waals surface area contributed by atoms with Gasteiger partial charge in [-0.3, -0.25) is 14.5 Å². The van der Waals surface area contributed by atoms with Crippen LogP contribution in [0, 0.1) is 13.8 Å². The van der Waals surface area contributed by atoms with Gasteiger partial charge in [0.25, 0.3) is 0 Å². The standard InChI is InChI=1S/C17H21N3O/c1-12-9-13(2)17(18-11-12)16(21)10-14-7-8-20(19-14)15-5-3-4-6-15/h7-9,11,15H,3-6,10H2,1-2H3. The summed E-state index contributed by atoms with van der Waals surface area (Å²) >= 11 is 0. The number of hydrogen-bond donors (Lipinski definition) is 0. The lowest BCUT2D eigenvalue weighted by Crippen LogP contribution is -2.10. The highest BCUT2D eigenvalue weighted by molar-refractivity contribution is 5.96. The molecule has 0 amide bonds. The molecule has 0 aliphatic heterocycles. The number of rotatable bonds is 4. The zero-order valence-electron chi connectivity index (χ0n) is 12.7. The van der Waals surface area contributed by atoms with Crippen LogP contribution in [0.3, 0.4) is 0 Å². The van der Waals surface area contributed by atoms with Crippen molar-refractivity contribution in [3.05, 3.63) is 47.0 Å². The van der Waals surface area contributed by atoms with Crippen LogP contribution in [0.1, 0.15) is 59.0 Å². The summed E-state index contributed by atoms with van der Waals surface area (Å²) in [4.78, 5) is 16.6. The van der Waals surface area contributed by atoms with Gasteiger partial charge in [0.2, 0.25) is 0 Å². The lowest BCUT2D eigenvalue weighted by Gasteiger charge is -2.08. The van der Waals surface area contributed by atoms with E-state index in [9.17, 15) is 4.79 Å². The minimum absolute atomic E-state index is 0.0455. The molecule has 1 aliphatic carbocycles. The van der Waals surface area contributed by atoms with Crippen LogP contribution in [-0.4, -0.2) is 20.5 Å². The molecule has 1 saturated carbocycles. The van der Waals surface area contributed by atoms with E-state index in [4.69, 9.17) is 0 Å². The van der Waals surface area contributed by atoms with E-state index in [0.717, 1.165) is 16.8 Å². The molecule has 0 spiro atoms. The summed E-state index contributed by atoms with van der Waals surface area (Å²) in [5.74, 6) is 0.0455. The number of aromatic nitrogens is 3. The van der Waals surface area contributed by atoms with Crippen LogP contribution in [0.15, 0.2) is 24.5 Å². The number of nitrogens with zero attached hydrogens (tertiary/aromatic N) is 3. The Hall–Kier alpha value is -1.97. The summed E-state index contributed by atoms with van der Waals surface area (Å²) in [6.07, 6.45) is 9.06. The van der Waals surface area contributed by atoms with Gasteiger partial charge in [0.05, 0.1) is 18.2 Å². The molecule has 0 atom stereocenters. The van der Waals surface area contributed by atoms with Crippen molar-refractivity contribution in [2.45, 2.75) is 52.0 Å². The Morgan fingerprint density at radius 1 is 1.33 bits per heavy atom. The first-order valence-electron chi connectivity index (χ1n) is 7.64. The van der Waals surface area contributed by atoms with E-state index >= 15 is 0 Å². The number of ketones is 1. The molecular formula is C17H21N3O. The highest BCUT2D eigenvalue weighted by Crippen LogP contribution is 2.28. The smallest absolute Gasteiger partial charge is 0.187 e. The molecule has 4 nitrogen and oxygen atoms in total. The normalized spacial score (nSPS) is 15.5. The molecule has 1 aliphatic rings. The van der Waals surface area contributed by atoms with E-state index in [0.29, 0.717) is 18.2 Å². The van der Waals surface area contributed by atoms with Crippen LogP contribution >= 0.6 is 0 Å². The molecule has 0 aromatic carbocycles. The summed E-state index contributed by atoms with van der Waals surface area (Å²) in [6.45, 7) is 3.92. The van der Waals surface area contributed by atoms with Crippen LogP contribution in [-0.2, 0) is 6.42 Å². The molecule has 2 aromatic heterocycles. The maximum Gasteiger partial charge on any atom is 0.187 e. The molecule has 0 radical (unpaired) electrons. The molecule has 0 unspecified atom stereocenters. The highest BCUT2D eigenvalue weighted by Gasteiger charge is 2.19. The van der Waals surface area contributed by atoms with Crippen molar-refractivity contribution in [3.63, 3.8) is 0 Å². The van der Waals surface area contributed by atoms with Crippen molar-refractivity contribution in [2.24, 2.45) is 0 Å². The second-order valence-corrected chi connectivity index (χ2v) is 6.00. The van der Waals surface area contributed by atoms with Crippen molar-refractivity contribution in [1.29, 1.82) is 0 Å². The van der Waals surface area contributed by atoms with E-state index in [1.165, 1.54) is 25.7 Å². The Kier molecular flexibility index (Phi) is 3.86. The third kappa shape index (κ3) is 3.04. The van der Waals surface area contributed by atoms with Crippen molar-refractivity contribution in [2.75, 3.05) is 0 Å². The quantitative estimate of drug-likeness (QED) is 0.808. The Morgan fingerprint density at radius 3 is 2.81 bits per heavy atom. The molecule has 110 valence electrons. The van der Waals surface area contributed by atoms with E-state index in [2.05, 4.69) is 10.1 Å². The van der Waals surface area contributed by atoms with Crippen LogP contribution in [0.2, 0.25) is 0 Å². The number of aryl methyl sites for hydroxylation is 2. The fraction of sp³-hybridized carbons (Fsp3) is 0.471. The summed E-state index contributed by atoms with van der Waals surface area (Å²) in [7, 11) is 0. The summed E-state index contributed by atoms with van der Waals surface area (Å²) < 4.78 is 2.03. The lowest BCUT2D eigenvalue weighted by atomic mass is 10.1. The average Bonchev–Trinajstić information content (AvgIpc) is 3.08. The van der Waals surface area contributed by atoms with Gasteiger partial charge in [0.15, 0.2) is 5.78 Å². The number of hydrogen-bond acceptors (Lipinski definition) is 3. The van der Waals surface area contributed by atoms with Gasteiger partial charge in [0, 0.05) is 12.4 Å². The monoisotopic (exact) mass is 283 g/mol. The third-order valence-corrected chi connectivity index (χ3v) is 4.18. The van der Waals surface area contributed by atoms with E-state index in [1.54, 1.807) is 6.20 Å². The van der Waals surface area contributed by atoms with Gasteiger partial charge < -0.3 is 0 Å². The summed E-state index contributed by atoms with van der Waals surface area (Å²) in [6, 6.07) is 4.48. The summed E-state index contributed by atoms with van der Waals surface area (Å²) in [5.41, 5.74) is 3.43. The van der Waals surface area contributed by atoms with Crippen LogP contribution in [0.4, 0.5) is 0 Å². The molecular weight excluding hydrogens is 262 g/mol. The van der Waals surface area contributed by atoms with Crippen molar-refractivity contribution in [3.8, 4) is 0 Å². The molecule has 0 bridgehead atoms. The molecule has 1 fully saturated rings. The van der Waals surface area contributed by atoms with E-state index in [1.807, 2.05) is 36.9 Å². The minimum Gasteiger partial charge on any atom is -0.292 e. The minimum atomic E-state index is 0.0455. The van der Waals surface area contributed by atoms with Crippen LogP contribution < -0.4 is 0 Å². The van der Waals surface area contributed by atoms with Crippen molar-refractivity contribution in [1.82, 2.24) is 14.8 Å². The van der Waals surface area contributed by atoms with Gasteiger partial charge in [-0.15, -0.1) is 0 Å². The molecule has 21 heavy (non-hydrogen) atoms. The summed E-state index contributed by atoms with van der Waals surface area (Å²) in [5, 5.41) is 4.57. The maximum absolute atomic E-state index is 12.4. The predicted octanol–water partition coefficient (Wildman–Crippen LogP) is 3.44. The number of carbonyl (C=O) groups is 1. The molecule has 2 aromatic rings. The number of pyridine rings is 1. The largest absolute Gasteiger partial charge is 0.292 e. The maximum atomic E-state index is 12.4. The first-order chi connectivity index (χ1) is 10.1. The molecule has 2 heterocycles. The van der Waals surface area contributed by atoms with Gasteiger partial charge in [0.1, 0.15) is 5.69 Å². The first-order valence-corrected chi connectivity index (χ1v) is 7.64. The Morgan fingerprint density at radius 2 is 2.10 bits per heavy atom. The predicted molar refractivity (Wildman–Crippen MR) is 81.5 cm³/mol. The second kappa shape index (κ2) is 5.80. The van der Waals surface area contributed by atoms with Gasteiger partial charge in [-0.05, 0) is 43.9 Å². The topological polar surface area (TPSA) is 47.8 Å².